The van der Waals surface area contributed by atoms with Crippen LogP contribution in [-0.2, 0) is 15.1 Å². The van der Waals surface area contributed by atoms with E-state index in [0.29, 0.717) is 24.5 Å². The van der Waals surface area contributed by atoms with E-state index in [9.17, 15) is 4.79 Å². The van der Waals surface area contributed by atoms with E-state index in [4.69, 9.17) is 9.47 Å². The summed E-state index contributed by atoms with van der Waals surface area (Å²) < 4.78 is 12.6. The van der Waals surface area contributed by atoms with Gasteiger partial charge < -0.3 is 19.7 Å². The molecule has 192 valence electrons. The third kappa shape index (κ3) is 5.64. The molecule has 2 atom stereocenters. The normalized spacial score (nSPS) is 26.1. The van der Waals surface area contributed by atoms with Gasteiger partial charge in [-0.25, -0.2) is 4.79 Å². The van der Waals surface area contributed by atoms with Crippen LogP contribution in [0, 0.1) is 5.92 Å². The van der Waals surface area contributed by atoms with Crippen LogP contribution in [0.5, 0.6) is 5.75 Å². The Morgan fingerprint density at radius 3 is 2.72 bits per heavy atom. The Balaban J connectivity index is 2.32. The molecule has 0 aromatic heterocycles. The Kier molecular flexibility index (Phi) is 9.34. The van der Waals surface area contributed by atoms with Gasteiger partial charge in [-0.2, -0.15) is 0 Å². The van der Waals surface area contributed by atoms with Crippen molar-refractivity contribution in [1.82, 2.24) is 5.32 Å². The first-order chi connectivity index (χ1) is 17.4. The van der Waals surface area contributed by atoms with Gasteiger partial charge in [0, 0.05) is 67.4 Å². The van der Waals surface area contributed by atoms with Gasteiger partial charge in [0.2, 0.25) is 0 Å². The molecule has 1 aromatic rings. The summed E-state index contributed by atoms with van der Waals surface area (Å²) in [4.78, 5) is 19.5. The minimum Gasteiger partial charge on any atom is -0.493 e. The first-order valence-electron chi connectivity index (χ1n) is 12.8. The number of carbonyl (C=O) groups excluding carboxylic acids is 1. The molecule has 36 heavy (non-hydrogen) atoms. The monoisotopic (exact) mass is 489 g/mol. The number of allylic oxidation sites excluding steroid dienone is 5. The smallest absolute Gasteiger partial charge is 0.339 e. The second-order valence-corrected chi connectivity index (χ2v) is 8.80. The quantitative estimate of drug-likeness (QED) is 0.367. The number of nitrogens with one attached hydrogen (secondary N) is 1. The molecular weight excluding hydrogens is 450 g/mol. The maximum Gasteiger partial charge on any atom is 0.339 e. The Labute approximate surface area is 215 Å². The summed E-state index contributed by atoms with van der Waals surface area (Å²) in [5.41, 5.74) is 3.19. The zero-order valence-corrected chi connectivity index (χ0v) is 22.4. The third-order valence-electron chi connectivity index (χ3n) is 6.54. The largest absolute Gasteiger partial charge is 0.493 e. The van der Waals surface area contributed by atoms with Gasteiger partial charge in [-0.3, -0.25) is 4.99 Å². The molecule has 0 saturated heterocycles. The Morgan fingerprint density at radius 1 is 1.25 bits per heavy atom. The highest BCUT2D eigenvalue weighted by atomic mass is 16.6. The van der Waals surface area contributed by atoms with E-state index < -0.39 is 5.60 Å². The summed E-state index contributed by atoms with van der Waals surface area (Å²) >= 11 is 0. The predicted octanol–water partition coefficient (Wildman–Crippen LogP) is 5.49. The maximum atomic E-state index is 13.3. The van der Waals surface area contributed by atoms with Gasteiger partial charge in [0.15, 0.2) is 5.60 Å². The standard InChI is InChI=1S/C30H39N3O3/c1-7-33(8-2)25-16-17-26(27(20-25)35-9-3)30(21-24(29(34)36-30)15-13-18-31-6)28-22(4)14-11-10-12-19-32-23(28)5/h10-18,20-22,32H,7-9,19H2,1-6H3/b12-10-,14-11-,15-13-,28-23+,31-18-. The van der Waals surface area contributed by atoms with Crippen molar-refractivity contribution in [3.05, 3.63) is 83.1 Å². The lowest BCUT2D eigenvalue weighted by atomic mass is 9.77. The summed E-state index contributed by atoms with van der Waals surface area (Å²) in [5.74, 6) is 0.322. The number of ether oxygens (including phenoxy) is 2. The molecule has 0 fully saturated rings. The number of cyclic esters (lactones) is 1. The highest BCUT2D eigenvalue weighted by Gasteiger charge is 2.48. The predicted molar refractivity (Wildman–Crippen MR) is 149 cm³/mol. The third-order valence-corrected chi connectivity index (χ3v) is 6.54. The van der Waals surface area contributed by atoms with Crippen LogP contribution in [-0.4, -0.2) is 45.5 Å². The van der Waals surface area contributed by atoms with Crippen molar-refractivity contribution >= 4 is 17.9 Å². The van der Waals surface area contributed by atoms with E-state index in [-0.39, 0.29) is 11.9 Å². The summed E-state index contributed by atoms with van der Waals surface area (Å²) in [6, 6.07) is 6.20. The molecule has 3 rings (SSSR count). The Bertz CT molecular complexity index is 1120. The number of esters is 1. The number of nitrogens with zero attached hydrogens (tertiary/aromatic N) is 2. The van der Waals surface area contributed by atoms with Crippen molar-refractivity contribution in [1.29, 1.82) is 0 Å². The first kappa shape index (κ1) is 27.1. The number of carbonyl (C=O) groups is 1. The van der Waals surface area contributed by atoms with Crippen molar-refractivity contribution in [2.24, 2.45) is 10.9 Å². The SMILES string of the molecule is CCOc1cc(N(CC)CC)ccc1C1(/C2=C(\C)NC/C=C\C=C/C2C)C=C(/C=C\C=N/C)C(=O)O1. The lowest BCUT2D eigenvalue weighted by Crippen LogP contribution is -2.34. The van der Waals surface area contributed by atoms with Crippen LogP contribution in [0.25, 0.3) is 0 Å². The summed E-state index contributed by atoms with van der Waals surface area (Å²) in [5, 5.41) is 3.50. The maximum absolute atomic E-state index is 13.3. The van der Waals surface area contributed by atoms with E-state index in [0.717, 1.165) is 35.6 Å². The van der Waals surface area contributed by atoms with Gasteiger partial charge in [-0.1, -0.05) is 31.2 Å². The highest BCUT2D eigenvalue weighted by molar-refractivity contribution is 5.96. The second-order valence-electron chi connectivity index (χ2n) is 8.80. The zero-order chi connectivity index (χ0) is 26.1. The summed E-state index contributed by atoms with van der Waals surface area (Å²) in [6.07, 6.45) is 15.4. The zero-order valence-electron chi connectivity index (χ0n) is 22.4. The van der Waals surface area contributed by atoms with E-state index in [1.807, 2.05) is 38.1 Å². The van der Waals surface area contributed by atoms with Crippen LogP contribution in [0.1, 0.15) is 40.2 Å². The fraction of sp³-hybridized carbons (Fsp3) is 0.400. The molecule has 0 amide bonds. The molecule has 6 nitrogen and oxygen atoms in total. The van der Waals surface area contributed by atoms with E-state index >= 15 is 0 Å². The van der Waals surface area contributed by atoms with Crippen LogP contribution in [0.4, 0.5) is 5.69 Å². The van der Waals surface area contributed by atoms with E-state index in [1.165, 1.54) is 0 Å². The fourth-order valence-electron chi connectivity index (χ4n) is 4.89. The van der Waals surface area contributed by atoms with Crippen molar-refractivity contribution < 1.29 is 14.3 Å². The average molecular weight is 490 g/mol. The Hall–Kier alpha value is -3.54. The lowest BCUT2D eigenvalue weighted by molar-refractivity contribution is -0.144. The number of hydrogen-bond donors (Lipinski definition) is 1. The molecule has 0 spiro atoms. The second kappa shape index (κ2) is 12.4. The van der Waals surface area contributed by atoms with Gasteiger partial charge in [0.25, 0.3) is 0 Å². The molecule has 0 aliphatic carbocycles. The highest BCUT2D eigenvalue weighted by Crippen LogP contribution is 2.49. The average Bonchev–Trinajstić information content (AvgIpc) is 3.22. The van der Waals surface area contributed by atoms with E-state index in [2.05, 4.69) is 60.3 Å². The minimum absolute atomic E-state index is 0.0123. The van der Waals surface area contributed by atoms with Crippen molar-refractivity contribution in [2.45, 2.75) is 40.2 Å². The molecule has 2 unspecified atom stereocenters. The minimum atomic E-state index is -1.13. The molecule has 2 aliphatic heterocycles. The first-order valence-corrected chi connectivity index (χ1v) is 12.8. The number of aliphatic imine (C=N–C) groups is 1. The van der Waals surface area contributed by atoms with Crippen molar-refractivity contribution in [2.75, 3.05) is 38.2 Å². The van der Waals surface area contributed by atoms with Crippen LogP contribution in [0.2, 0.25) is 0 Å². The molecule has 2 aliphatic rings. The van der Waals surface area contributed by atoms with Crippen LogP contribution in [0.3, 0.4) is 0 Å². The van der Waals surface area contributed by atoms with Crippen molar-refractivity contribution in [3.8, 4) is 5.75 Å². The van der Waals surface area contributed by atoms with E-state index in [1.54, 1.807) is 25.4 Å². The van der Waals surface area contributed by atoms with Gasteiger partial charge in [0.05, 0.1) is 12.2 Å². The lowest BCUT2D eigenvalue weighted by Gasteiger charge is -2.36. The molecule has 0 saturated carbocycles. The molecule has 0 radical (unpaired) electrons. The van der Waals surface area contributed by atoms with Crippen LogP contribution >= 0.6 is 0 Å². The van der Waals surface area contributed by atoms with Crippen molar-refractivity contribution in [3.63, 3.8) is 0 Å². The van der Waals surface area contributed by atoms with Gasteiger partial charge in [-0.05, 0) is 58.1 Å². The molecule has 6 heteroatoms. The molecular formula is C30H39N3O3. The summed E-state index contributed by atoms with van der Waals surface area (Å²) in [6.45, 7) is 13.4. The summed E-state index contributed by atoms with van der Waals surface area (Å²) in [7, 11) is 1.70. The fourth-order valence-corrected chi connectivity index (χ4v) is 4.89. The van der Waals surface area contributed by atoms with Gasteiger partial charge in [0.1, 0.15) is 5.75 Å². The molecule has 0 bridgehead atoms. The van der Waals surface area contributed by atoms with Gasteiger partial charge >= 0.3 is 5.97 Å². The van der Waals surface area contributed by atoms with Gasteiger partial charge in [-0.15, -0.1) is 0 Å². The number of benzene rings is 1. The number of anilines is 1. The molecule has 1 N–H and O–H groups in total. The molecule has 2 heterocycles. The molecule has 1 aromatic carbocycles. The van der Waals surface area contributed by atoms with Crippen LogP contribution in [0.15, 0.2) is 82.6 Å². The Morgan fingerprint density at radius 2 is 2.03 bits per heavy atom. The topological polar surface area (TPSA) is 63.2 Å². The number of rotatable bonds is 9. The number of hydrogen-bond acceptors (Lipinski definition) is 6. The van der Waals surface area contributed by atoms with Crippen LogP contribution < -0.4 is 15.0 Å².